The first-order valence-corrected chi connectivity index (χ1v) is 12.3. The van der Waals surface area contributed by atoms with Gasteiger partial charge in [-0.05, 0) is 73.2 Å². The molecule has 1 aliphatic heterocycles. The zero-order valence-electron chi connectivity index (χ0n) is 20.6. The van der Waals surface area contributed by atoms with Crippen LogP contribution in [0.3, 0.4) is 0 Å². The van der Waals surface area contributed by atoms with Crippen LogP contribution in [0.1, 0.15) is 18.1 Å². The lowest BCUT2D eigenvalue weighted by Crippen LogP contribution is -2.35. The molecular formula is C28H27N3O5S. The Balaban J connectivity index is 1.42. The zero-order valence-corrected chi connectivity index (χ0v) is 21.4. The lowest BCUT2D eigenvalue weighted by molar-refractivity contribution is 0.174. The summed E-state index contributed by atoms with van der Waals surface area (Å²) in [4.78, 5) is 18.0. The number of methoxy groups -OCH3 is 1. The summed E-state index contributed by atoms with van der Waals surface area (Å²) in [6.45, 7) is 3.51. The van der Waals surface area contributed by atoms with Crippen LogP contribution in [0.5, 0.6) is 23.0 Å². The molecule has 0 aliphatic carbocycles. The number of nitrogens with zero attached hydrogens (tertiary/aromatic N) is 1. The number of rotatable bonds is 8. The van der Waals surface area contributed by atoms with E-state index in [1.54, 1.807) is 13.2 Å². The van der Waals surface area contributed by atoms with Crippen molar-refractivity contribution in [2.24, 2.45) is 0 Å². The monoisotopic (exact) mass is 517 g/mol. The molecule has 4 aromatic rings. The van der Waals surface area contributed by atoms with Gasteiger partial charge in [0.15, 0.2) is 16.6 Å². The van der Waals surface area contributed by atoms with Gasteiger partial charge in [0.05, 0.1) is 25.8 Å². The lowest BCUT2D eigenvalue weighted by atomic mass is 10.1. The fraction of sp³-hybridized carbons (Fsp3) is 0.214. The van der Waals surface area contributed by atoms with Gasteiger partial charge >= 0.3 is 0 Å². The first kappa shape index (κ1) is 24.5. The van der Waals surface area contributed by atoms with E-state index in [0.717, 1.165) is 28.1 Å². The predicted molar refractivity (Wildman–Crippen MR) is 147 cm³/mol. The highest BCUT2D eigenvalue weighted by Gasteiger charge is 2.18. The van der Waals surface area contributed by atoms with Crippen molar-refractivity contribution in [3.63, 3.8) is 0 Å². The van der Waals surface area contributed by atoms with Crippen LogP contribution in [-0.4, -0.2) is 35.5 Å². The van der Waals surface area contributed by atoms with Crippen LogP contribution < -0.4 is 29.8 Å². The highest BCUT2D eigenvalue weighted by Crippen LogP contribution is 2.35. The lowest BCUT2D eigenvalue weighted by Gasteiger charge is -2.26. The SMILES string of the molecule is CCOc1ccc(NC(=S)N(Cc2ccc(OC)cc2)Cc2cc3cc4c(cc3[nH]c2=O)OCO4)cc1. The van der Waals surface area contributed by atoms with Gasteiger partial charge < -0.3 is 34.1 Å². The van der Waals surface area contributed by atoms with Crippen molar-refractivity contribution in [1.29, 1.82) is 0 Å². The molecule has 3 aromatic carbocycles. The summed E-state index contributed by atoms with van der Waals surface area (Å²) in [5.74, 6) is 2.85. The maximum atomic E-state index is 13.0. The van der Waals surface area contributed by atoms with E-state index >= 15 is 0 Å². The number of pyridine rings is 1. The molecule has 0 unspecified atom stereocenters. The summed E-state index contributed by atoms with van der Waals surface area (Å²) < 4.78 is 21.8. The van der Waals surface area contributed by atoms with Crippen LogP contribution in [0.25, 0.3) is 10.9 Å². The summed E-state index contributed by atoms with van der Waals surface area (Å²) >= 11 is 5.80. The third-order valence-electron chi connectivity index (χ3n) is 6.01. The summed E-state index contributed by atoms with van der Waals surface area (Å²) in [5, 5.41) is 4.64. The Morgan fingerprint density at radius 2 is 1.70 bits per heavy atom. The number of thiocarbonyl (C=S) groups is 1. The molecule has 37 heavy (non-hydrogen) atoms. The number of hydrogen-bond donors (Lipinski definition) is 2. The normalized spacial score (nSPS) is 11.8. The molecule has 8 nitrogen and oxygen atoms in total. The Bertz CT molecular complexity index is 1470. The van der Waals surface area contributed by atoms with Gasteiger partial charge in [0.1, 0.15) is 11.5 Å². The minimum Gasteiger partial charge on any atom is -0.497 e. The molecule has 0 spiro atoms. The van der Waals surface area contributed by atoms with E-state index in [1.807, 2.05) is 72.5 Å². The Labute approximate surface area is 219 Å². The second-order valence-corrected chi connectivity index (χ2v) is 8.89. The molecule has 0 radical (unpaired) electrons. The molecular weight excluding hydrogens is 490 g/mol. The predicted octanol–water partition coefficient (Wildman–Crippen LogP) is 5.06. The van der Waals surface area contributed by atoms with Gasteiger partial charge in [0.25, 0.3) is 5.56 Å². The maximum Gasteiger partial charge on any atom is 0.253 e. The fourth-order valence-electron chi connectivity index (χ4n) is 4.12. The molecule has 0 saturated carbocycles. The summed E-state index contributed by atoms with van der Waals surface area (Å²) in [5.41, 5.74) is 2.94. The van der Waals surface area contributed by atoms with Gasteiger partial charge in [-0.15, -0.1) is 0 Å². The third kappa shape index (κ3) is 5.62. The smallest absolute Gasteiger partial charge is 0.253 e. The second kappa shape index (κ2) is 10.8. The quantitative estimate of drug-likeness (QED) is 0.314. The second-order valence-electron chi connectivity index (χ2n) is 8.51. The van der Waals surface area contributed by atoms with Crippen LogP contribution in [0.4, 0.5) is 5.69 Å². The number of hydrogen-bond acceptors (Lipinski definition) is 6. The number of benzene rings is 3. The Hall–Kier alpha value is -4.24. The number of fused-ring (bicyclic) bond motifs is 2. The van der Waals surface area contributed by atoms with E-state index in [-0.39, 0.29) is 12.4 Å². The fourth-order valence-corrected chi connectivity index (χ4v) is 4.37. The van der Waals surface area contributed by atoms with E-state index in [4.69, 9.17) is 31.2 Å². The molecule has 9 heteroatoms. The first-order chi connectivity index (χ1) is 18.0. The molecule has 1 aromatic heterocycles. The molecule has 190 valence electrons. The Morgan fingerprint density at radius 1 is 1.00 bits per heavy atom. The standard InChI is InChI=1S/C28H27N3O5S/c1-3-34-23-10-6-21(7-11-23)29-28(37)31(15-18-4-8-22(33-2)9-5-18)16-20-12-19-13-25-26(36-17-35-25)14-24(19)30-27(20)32/h4-14H,3,15-17H2,1-2H3,(H,29,37)(H,30,32). The average molecular weight is 518 g/mol. The summed E-state index contributed by atoms with van der Waals surface area (Å²) in [6, 6.07) is 20.9. The molecule has 2 N–H and O–H groups in total. The van der Waals surface area contributed by atoms with Crippen molar-refractivity contribution in [2.75, 3.05) is 25.8 Å². The van der Waals surface area contributed by atoms with Gasteiger partial charge in [0.2, 0.25) is 6.79 Å². The van der Waals surface area contributed by atoms with Gasteiger partial charge in [0, 0.05) is 29.2 Å². The number of ether oxygens (including phenoxy) is 4. The van der Waals surface area contributed by atoms with Crippen LogP contribution in [0, 0.1) is 0 Å². The largest absolute Gasteiger partial charge is 0.497 e. The number of aromatic amines is 1. The minimum absolute atomic E-state index is 0.171. The molecule has 0 fully saturated rings. The number of aromatic nitrogens is 1. The van der Waals surface area contributed by atoms with Crippen molar-refractivity contribution in [3.8, 4) is 23.0 Å². The Morgan fingerprint density at radius 3 is 2.41 bits per heavy atom. The summed E-state index contributed by atoms with van der Waals surface area (Å²) in [6.07, 6.45) is 0. The third-order valence-corrected chi connectivity index (χ3v) is 6.37. The molecule has 0 atom stereocenters. The highest BCUT2D eigenvalue weighted by atomic mass is 32.1. The van der Waals surface area contributed by atoms with E-state index in [1.165, 1.54) is 0 Å². The van der Waals surface area contributed by atoms with Crippen molar-refractivity contribution >= 4 is 33.9 Å². The number of nitrogens with one attached hydrogen (secondary N) is 2. The number of H-pyrrole nitrogens is 1. The van der Waals surface area contributed by atoms with Crippen molar-refractivity contribution in [2.45, 2.75) is 20.0 Å². The number of anilines is 1. The van der Waals surface area contributed by atoms with Crippen LogP contribution in [0.2, 0.25) is 0 Å². The van der Waals surface area contributed by atoms with Crippen LogP contribution >= 0.6 is 12.2 Å². The van der Waals surface area contributed by atoms with Crippen molar-refractivity contribution in [1.82, 2.24) is 9.88 Å². The van der Waals surface area contributed by atoms with Crippen molar-refractivity contribution < 1.29 is 18.9 Å². The van der Waals surface area contributed by atoms with E-state index in [0.29, 0.717) is 47.4 Å². The van der Waals surface area contributed by atoms with Crippen molar-refractivity contribution in [3.05, 3.63) is 88.2 Å². The highest BCUT2D eigenvalue weighted by molar-refractivity contribution is 7.80. The maximum absolute atomic E-state index is 13.0. The van der Waals surface area contributed by atoms with Gasteiger partial charge in [-0.25, -0.2) is 0 Å². The summed E-state index contributed by atoms with van der Waals surface area (Å²) in [7, 11) is 1.63. The molecule has 0 bridgehead atoms. The first-order valence-electron chi connectivity index (χ1n) is 11.9. The van der Waals surface area contributed by atoms with Crippen LogP contribution in [-0.2, 0) is 13.1 Å². The van der Waals surface area contributed by atoms with E-state index in [2.05, 4.69) is 10.3 Å². The average Bonchev–Trinajstić information content (AvgIpc) is 3.36. The van der Waals surface area contributed by atoms with Gasteiger partial charge in [-0.1, -0.05) is 12.1 Å². The Kier molecular flexibility index (Phi) is 7.14. The molecule has 0 saturated heterocycles. The molecule has 1 aliphatic rings. The molecule has 5 rings (SSSR count). The molecule has 2 heterocycles. The van der Waals surface area contributed by atoms with E-state index in [9.17, 15) is 4.79 Å². The van der Waals surface area contributed by atoms with Gasteiger partial charge in [-0.3, -0.25) is 4.79 Å². The topological polar surface area (TPSA) is 85.1 Å². The minimum atomic E-state index is -0.185. The van der Waals surface area contributed by atoms with Gasteiger partial charge in [-0.2, -0.15) is 0 Å². The van der Waals surface area contributed by atoms with Crippen LogP contribution in [0.15, 0.2) is 71.5 Å². The zero-order chi connectivity index (χ0) is 25.8. The van der Waals surface area contributed by atoms with E-state index < -0.39 is 0 Å². The molecule has 0 amide bonds.